The summed E-state index contributed by atoms with van der Waals surface area (Å²) in [6, 6.07) is 28.8. The molecule has 3 aromatic carbocycles. The SMILES string of the molecule is C(=Nc1ccccc1)c1cccc(-c2ccccc2)c1. The van der Waals surface area contributed by atoms with Crippen LogP contribution < -0.4 is 0 Å². The van der Waals surface area contributed by atoms with E-state index in [1.54, 1.807) is 0 Å². The molecule has 0 unspecified atom stereocenters. The first kappa shape index (κ1) is 12.4. The van der Waals surface area contributed by atoms with Crippen molar-refractivity contribution in [3.8, 4) is 11.1 Å². The predicted molar refractivity (Wildman–Crippen MR) is 85.6 cm³/mol. The first-order valence-corrected chi connectivity index (χ1v) is 6.66. The van der Waals surface area contributed by atoms with Gasteiger partial charge in [-0.1, -0.05) is 66.7 Å². The van der Waals surface area contributed by atoms with Gasteiger partial charge in [0.05, 0.1) is 5.69 Å². The summed E-state index contributed by atoms with van der Waals surface area (Å²) < 4.78 is 0. The molecule has 0 amide bonds. The van der Waals surface area contributed by atoms with Gasteiger partial charge in [0.2, 0.25) is 0 Å². The first-order valence-electron chi connectivity index (χ1n) is 6.66. The number of benzene rings is 3. The zero-order valence-electron chi connectivity index (χ0n) is 11.1. The highest BCUT2D eigenvalue weighted by Gasteiger charge is 1.97. The molecule has 0 aliphatic heterocycles. The summed E-state index contributed by atoms with van der Waals surface area (Å²) in [5.41, 5.74) is 4.51. The molecular formula is C19H15N. The molecule has 20 heavy (non-hydrogen) atoms. The summed E-state index contributed by atoms with van der Waals surface area (Å²) in [4.78, 5) is 4.49. The van der Waals surface area contributed by atoms with E-state index in [1.165, 1.54) is 11.1 Å². The van der Waals surface area contributed by atoms with Crippen LogP contribution in [0.1, 0.15) is 5.56 Å². The summed E-state index contributed by atoms with van der Waals surface area (Å²) in [6.45, 7) is 0. The van der Waals surface area contributed by atoms with Crippen molar-refractivity contribution >= 4 is 11.9 Å². The number of para-hydroxylation sites is 1. The Morgan fingerprint density at radius 3 is 2.00 bits per heavy atom. The number of nitrogens with zero attached hydrogens (tertiary/aromatic N) is 1. The Kier molecular flexibility index (Phi) is 3.70. The number of hydrogen-bond acceptors (Lipinski definition) is 1. The van der Waals surface area contributed by atoms with Gasteiger partial charge >= 0.3 is 0 Å². The average molecular weight is 257 g/mol. The lowest BCUT2D eigenvalue weighted by atomic mass is 10.0. The van der Waals surface area contributed by atoms with Gasteiger partial charge in [-0.3, -0.25) is 4.99 Å². The average Bonchev–Trinajstić information content (AvgIpc) is 2.55. The van der Waals surface area contributed by atoms with Crippen molar-refractivity contribution in [1.82, 2.24) is 0 Å². The lowest BCUT2D eigenvalue weighted by molar-refractivity contribution is 1.52. The third-order valence-corrected chi connectivity index (χ3v) is 3.11. The minimum absolute atomic E-state index is 0.970. The molecule has 0 aliphatic carbocycles. The molecule has 0 aromatic heterocycles. The Morgan fingerprint density at radius 2 is 1.25 bits per heavy atom. The van der Waals surface area contributed by atoms with Crippen molar-refractivity contribution in [2.24, 2.45) is 4.99 Å². The zero-order valence-corrected chi connectivity index (χ0v) is 11.1. The van der Waals surface area contributed by atoms with Crippen LogP contribution in [-0.4, -0.2) is 6.21 Å². The Balaban J connectivity index is 1.87. The summed E-state index contributed by atoms with van der Waals surface area (Å²) in [7, 11) is 0. The van der Waals surface area contributed by atoms with Gasteiger partial charge < -0.3 is 0 Å². The molecule has 0 fully saturated rings. The molecule has 0 bridgehead atoms. The van der Waals surface area contributed by atoms with Crippen LogP contribution in [0.4, 0.5) is 5.69 Å². The molecule has 0 saturated heterocycles. The highest BCUT2D eigenvalue weighted by molar-refractivity contribution is 5.84. The Labute approximate surface area is 119 Å². The van der Waals surface area contributed by atoms with E-state index in [2.05, 4.69) is 53.5 Å². The molecule has 96 valence electrons. The van der Waals surface area contributed by atoms with Crippen LogP contribution in [0.2, 0.25) is 0 Å². The van der Waals surface area contributed by atoms with Crippen molar-refractivity contribution in [2.45, 2.75) is 0 Å². The van der Waals surface area contributed by atoms with Gasteiger partial charge in [0.1, 0.15) is 0 Å². The maximum absolute atomic E-state index is 4.49. The molecule has 0 heterocycles. The normalized spacial score (nSPS) is 10.8. The number of rotatable bonds is 3. The second kappa shape index (κ2) is 5.98. The molecule has 3 rings (SSSR count). The van der Waals surface area contributed by atoms with Gasteiger partial charge in [-0.15, -0.1) is 0 Å². The lowest BCUT2D eigenvalue weighted by Gasteiger charge is -2.02. The monoisotopic (exact) mass is 257 g/mol. The molecule has 0 aliphatic rings. The van der Waals surface area contributed by atoms with Crippen molar-refractivity contribution in [2.75, 3.05) is 0 Å². The fraction of sp³-hybridized carbons (Fsp3) is 0. The van der Waals surface area contributed by atoms with Crippen molar-refractivity contribution in [3.05, 3.63) is 90.5 Å². The third kappa shape index (κ3) is 3.01. The quantitative estimate of drug-likeness (QED) is 0.578. The maximum atomic E-state index is 4.49. The minimum Gasteiger partial charge on any atom is -0.256 e. The van der Waals surface area contributed by atoms with E-state index in [9.17, 15) is 0 Å². The van der Waals surface area contributed by atoms with Gasteiger partial charge in [-0.25, -0.2) is 0 Å². The molecule has 3 aromatic rings. The van der Waals surface area contributed by atoms with Crippen LogP contribution in [0.3, 0.4) is 0 Å². The molecule has 1 heteroatoms. The van der Waals surface area contributed by atoms with Gasteiger partial charge in [-0.05, 0) is 34.9 Å². The predicted octanol–water partition coefficient (Wildman–Crippen LogP) is 5.10. The first-order chi connectivity index (χ1) is 9.92. The van der Waals surface area contributed by atoms with Crippen molar-refractivity contribution < 1.29 is 0 Å². The van der Waals surface area contributed by atoms with Gasteiger partial charge in [0, 0.05) is 6.21 Å². The van der Waals surface area contributed by atoms with E-state index in [1.807, 2.05) is 42.6 Å². The molecule has 1 nitrogen and oxygen atoms in total. The maximum Gasteiger partial charge on any atom is 0.0629 e. The van der Waals surface area contributed by atoms with Crippen LogP contribution in [0.15, 0.2) is 89.9 Å². The number of hydrogen-bond donors (Lipinski definition) is 0. The molecular weight excluding hydrogens is 242 g/mol. The standard InChI is InChI=1S/C19H15N/c1-3-9-17(10-4-1)18-11-7-8-16(14-18)15-20-19-12-5-2-6-13-19/h1-15H. The largest absolute Gasteiger partial charge is 0.256 e. The smallest absolute Gasteiger partial charge is 0.0629 e. The van der Waals surface area contributed by atoms with Gasteiger partial charge in [0.15, 0.2) is 0 Å². The highest BCUT2D eigenvalue weighted by atomic mass is 14.7. The Morgan fingerprint density at radius 1 is 0.600 bits per heavy atom. The molecule has 0 radical (unpaired) electrons. The zero-order chi connectivity index (χ0) is 13.6. The minimum atomic E-state index is 0.970. The Bertz CT molecular complexity index is 700. The van der Waals surface area contributed by atoms with E-state index in [0.717, 1.165) is 11.3 Å². The molecule has 0 saturated carbocycles. The Hall–Kier alpha value is -2.67. The van der Waals surface area contributed by atoms with Crippen molar-refractivity contribution in [3.63, 3.8) is 0 Å². The van der Waals surface area contributed by atoms with Crippen LogP contribution in [-0.2, 0) is 0 Å². The van der Waals surface area contributed by atoms with Crippen LogP contribution in [0.25, 0.3) is 11.1 Å². The van der Waals surface area contributed by atoms with Gasteiger partial charge in [0.25, 0.3) is 0 Å². The van der Waals surface area contributed by atoms with E-state index in [4.69, 9.17) is 0 Å². The van der Waals surface area contributed by atoms with E-state index < -0.39 is 0 Å². The second-order valence-electron chi connectivity index (χ2n) is 4.59. The fourth-order valence-electron chi connectivity index (χ4n) is 2.09. The molecule has 0 atom stereocenters. The molecule has 0 spiro atoms. The van der Waals surface area contributed by atoms with Crippen molar-refractivity contribution in [1.29, 1.82) is 0 Å². The van der Waals surface area contributed by atoms with Crippen LogP contribution in [0.5, 0.6) is 0 Å². The highest BCUT2D eigenvalue weighted by Crippen LogP contribution is 2.19. The topological polar surface area (TPSA) is 12.4 Å². The van der Waals surface area contributed by atoms with Gasteiger partial charge in [-0.2, -0.15) is 0 Å². The molecule has 0 N–H and O–H groups in total. The van der Waals surface area contributed by atoms with Crippen LogP contribution >= 0.6 is 0 Å². The lowest BCUT2D eigenvalue weighted by Crippen LogP contribution is -1.83. The van der Waals surface area contributed by atoms with Crippen LogP contribution in [0, 0.1) is 0 Å². The summed E-state index contributed by atoms with van der Waals surface area (Å²) >= 11 is 0. The van der Waals surface area contributed by atoms with E-state index in [-0.39, 0.29) is 0 Å². The third-order valence-electron chi connectivity index (χ3n) is 3.11. The van der Waals surface area contributed by atoms with E-state index in [0.29, 0.717) is 0 Å². The summed E-state index contributed by atoms with van der Waals surface area (Å²) in [5, 5.41) is 0. The number of aliphatic imine (C=N–C) groups is 1. The van der Waals surface area contributed by atoms with E-state index >= 15 is 0 Å². The summed E-state index contributed by atoms with van der Waals surface area (Å²) in [6.07, 6.45) is 1.90. The second-order valence-corrected chi connectivity index (χ2v) is 4.59. The fourth-order valence-corrected chi connectivity index (χ4v) is 2.09. The summed E-state index contributed by atoms with van der Waals surface area (Å²) in [5.74, 6) is 0.